The molecule has 1 amide bonds. The van der Waals surface area contributed by atoms with E-state index in [4.69, 9.17) is 4.98 Å². The number of carbonyl (C=O) groups excluding carboxylic acids is 1. The summed E-state index contributed by atoms with van der Waals surface area (Å²) in [5.74, 6) is 0.109. The van der Waals surface area contributed by atoms with Crippen LogP contribution in [0.15, 0.2) is 24.3 Å². The van der Waals surface area contributed by atoms with Crippen LogP contribution >= 0.6 is 0 Å². The minimum absolute atomic E-state index is 0.109. The number of rotatable bonds is 3. The Hall–Kier alpha value is -1.94. The van der Waals surface area contributed by atoms with Crippen molar-refractivity contribution < 1.29 is 4.79 Å². The maximum Gasteiger partial charge on any atom is 0.238 e. The fraction of sp³-hybridized carbons (Fsp3) is 0.474. The number of carbonyl (C=O) groups is 1. The van der Waals surface area contributed by atoms with Crippen LogP contribution < -0.4 is 5.32 Å². The molecule has 0 atom stereocenters. The molecule has 1 aliphatic carbocycles. The van der Waals surface area contributed by atoms with Crippen molar-refractivity contribution in [2.24, 2.45) is 0 Å². The van der Waals surface area contributed by atoms with Gasteiger partial charge in [0.25, 0.3) is 0 Å². The predicted molar refractivity (Wildman–Crippen MR) is 92.7 cm³/mol. The number of benzene rings is 1. The topological polar surface area (TPSA) is 45.2 Å². The summed E-state index contributed by atoms with van der Waals surface area (Å²) in [6, 6.07) is 8.13. The smallest absolute Gasteiger partial charge is 0.238 e. The van der Waals surface area contributed by atoms with Crippen LogP contribution in [0.5, 0.6) is 0 Å². The summed E-state index contributed by atoms with van der Waals surface area (Å²) in [7, 11) is 0. The van der Waals surface area contributed by atoms with E-state index in [-0.39, 0.29) is 5.91 Å². The number of aromatic nitrogens is 1. The average molecular weight is 309 g/mol. The molecule has 120 valence electrons. The fourth-order valence-corrected chi connectivity index (χ4v) is 3.85. The van der Waals surface area contributed by atoms with Crippen LogP contribution in [0.1, 0.15) is 36.9 Å². The highest BCUT2D eigenvalue weighted by molar-refractivity contribution is 6.03. The van der Waals surface area contributed by atoms with Gasteiger partial charge in [0.2, 0.25) is 5.91 Å². The number of nitrogens with one attached hydrogen (secondary N) is 1. The van der Waals surface area contributed by atoms with Crippen LogP contribution in [0, 0.1) is 0 Å². The lowest BCUT2D eigenvalue weighted by atomic mass is 10.1. The van der Waals surface area contributed by atoms with Crippen LogP contribution in [0.2, 0.25) is 0 Å². The number of hydrogen-bond acceptors (Lipinski definition) is 3. The summed E-state index contributed by atoms with van der Waals surface area (Å²) in [5, 5.41) is 4.28. The van der Waals surface area contributed by atoms with Gasteiger partial charge in [-0.3, -0.25) is 14.7 Å². The largest absolute Gasteiger partial charge is 0.324 e. The second-order valence-electron chi connectivity index (χ2n) is 6.67. The molecule has 1 aromatic carbocycles. The molecule has 1 saturated heterocycles. The minimum atomic E-state index is 0.109. The lowest BCUT2D eigenvalue weighted by Crippen LogP contribution is -2.37. The average Bonchev–Trinajstić information content (AvgIpc) is 3.04. The third-order valence-electron chi connectivity index (χ3n) is 5.00. The van der Waals surface area contributed by atoms with Crippen molar-refractivity contribution in [1.29, 1.82) is 0 Å². The van der Waals surface area contributed by atoms with Gasteiger partial charge in [-0.25, -0.2) is 0 Å². The first-order valence-electron chi connectivity index (χ1n) is 8.74. The molecular weight excluding hydrogens is 286 g/mol. The van der Waals surface area contributed by atoms with Gasteiger partial charge in [0, 0.05) is 11.1 Å². The Labute approximate surface area is 136 Å². The third kappa shape index (κ3) is 2.95. The van der Waals surface area contributed by atoms with Gasteiger partial charge in [0.1, 0.15) is 0 Å². The number of pyridine rings is 1. The standard InChI is InChI=1S/C19H23N3O/c23-18(13-22-11-4-1-5-12-22)21-19-14-7-2-3-9-16(14)20-17-10-6-8-15(17)19/h2-3,7,9H,1,4-6,8,10-13H2,(H,20,21,23). The number of fused-ring (bicyclic) bond motifs is 2. The van der Waals surface area contributed by atoms with Crippen molar-refractivity contribution in [3.05, 3.63) is 35.5 Å². The summed E-state index contributed by atoms with van der Waals surface area (Å²) >= 11 is 0. The van der Waals surface area contributed by atoms with E-state index < -0.39 is 0 Å². The molecule has 1 aliphatic heterocycles. The quantitative estimate of drug-likeness (QED) is 0.947. The van der Waals surface area contributed by atoms with Crippen LogP contribution in [0.4, 0.5) is 5.69 Å². The van der Waals surface area contributed by atoms with E-state index in [1.54, 1.807) is 0 Å². The highest BCUT2D eigenvalue weighted by Gasteiger charge is 2.21. The molecule has 2 aromatic rings. The molecule has 1 fully saturated rings. The number of amides is 1. The van der Waals surface area contributed by atoms with Gasteiger partial charge >= 0.3 is 0 Å². The van der Waals surface area contributed by atoms with Crippen molar-refractivity contribution >= 4 is 22.5 Å². The Morgan fingerprint density at radius 2 is 1.91 bits per heavy atom. The Morgan fingerprint density at radius 3 is 2.78 bits per heavy atom. The van der Waals surface area contributed by atoms with Crippen LogP contribution in [-0.2, 0) is 17.6 Å². The predicted octanol–water partition coefficient (Wildman–Crippen LogP) is 3.15. The molecule has 1 N–H and O–H groups in total. The van der Waals surface area contributed by atoms with E-state index in [0.717, 1.165) is 54.6 Å². The number of hydrogen-bond donors (Lipinski definition) is 1. The minimum Gasteiger partial charge on any atom is -0.324 e. The first-order chi connectivity index (χ1) is 11.3. The third-order valence-corrected chi connectivity index (χ3v) is 5.00. The van der Waals surface area contributed by atoms with Gasteiger partial charge in [-0.2, -0.15) is 0 Å². The highest BCUT2D eigenvalue weighted by atomic mass is 16.2. The maximum atomic E-state index is 12.6. The summed E-state index contributed by atoms with van der Waals surface area (Å²) in [6.07, 6.45) is 6.89. The molecule has 0 spiro atoms. The Bertz CT molecular complexity index is 735. The monoisotopic (exact) mass is 309 g/mol. The molecule has 4 rings (SSSR count). The van der Waals surface area contributed by atoms with Crippen LogP contribution in [-0.4, -0.2) is 35.4 Å². The number of piperidine rings is 1. The van der Waals surface area contributed by atoms with Gasteiger partial charge in [0.05, 0.1) is 17.7 Å². The lowest BCUT2D eigenvalue weighted by molar-refractivity contribution is -0.117. The maximum absolute atomic E-state index is 12.6. The summed E-state index contributed by atoms with van der Waals surface area (Å²) in [6.45, 7) is 2.59. The zero-order valence-electron chi connectivity index (χ0n) is 13.5. The van der Waals surface area contributed by atoms with Gasteiger partial charge < -0.3 is 5.32 Å². The molecule has 0 radical (unpaired) electrons. The number of nitrogens with zero attached hydrogens (tertiary/aromatic N) is 2. The summed E-state index contributed by atoms with van der Waals surface area (Å²) < 4.78 is 0. The van der Waals surface area contributed by atoms with Crippen LogP contribution in [0.25, 0.3) is 10.9 Å². The highest BCUT2D eigenvalue weighted by Crippen LogP contribution is 2.33. The number of para-hydroxylation sites is 1. The van der Waals surface area contributed by atoms with Crippen molar-refractivity contribution in [2.45, 2.75) is 38.5 Å². The Kier molecular flexibility index (Phi) is 4.00. The lowest BCUT2D eigenvalue weighted by Gasteiger charge is -2.26. The molecule has 4 heteroatoms. The zero-order valence-corrected chi connectivity index (χ0v) is 13.5. The first kappa shape index (κ1) is 14.6. The Morgan fingerprint density at radius 1 is 1.09 bits per heavy atom. The second kappa shape index (κ2) is 6.28. The second-order valence-corrected chi connectivity index (χ2v) is 6.67. The molecule has 2 heterocycles. The summed E-state index contributed by atoms with van der Waals surface area (Å²) in [4.78, 5) is 19.6. The van der Waals surface area contributed by atoms with Gasteiger partial charge in [0.15, 0.2) is 0 Å². The molecule has 0 bridgehead atoms. The van der Waals surface area contributed by atoms with E-state index in [0.29, 0.717) is 6.54 Å². The molecule has 1 aromatic heterocycles. The molecule has 23 heavy (non-hydrogen) atoms. The van der Waals surface area contributed by atoms with Crippen molar-refractivity contribution in [2.75, 3.05) is 25.0 Å². The van der Waals surface area contributed by atoms with Gasteiger partial charge in [-0.1, -0.05) is 24.6 Å². The normalized spacial score (nSPS) is 18.1. The van der Waals surface area contributed by atoms with E-state index in [1.165, 1.54) is 24.8 Å². The van der Waals surface area contributed by atoms with Gasteiger partial charge in [-0.15, -0.1) is 0 Å². The van der Waals surface area contributed by atoms with Crippen molar-refractivity contribution in [3.8, 4) is 0 Å². The van der Waals surface area contributed by atoms with E-state index in [1.807, 2.05) is 18.2 Å². The van der Waals surface area contributed by atoms with E-state index in [2.05, 4.69) is 16.3 Å². The first-order valence-corrected chi connectivity index (χ1v) is 8.74. The molecule has 0 unspecified atom stereocenters. The molecule has 4 nitrogen and oxygen atoms in total. The number of likely N-dealkylation sites (tertiary alicyclic amines) is 1. The molecule has 0 saturated carbocycles. The Balaban J connectivity index is 1.61. The van der Waals surface area contributed by atoms with E-state index >= 15 is 0 Å². The fourth-order valence-electron chi connectivity index (χ4n) is 3.85. The SMILES string of the molecule is O=C(CN1CCCCC1)Nc1c2c(nc3ccccc13)CCC2. The number of aryl methyl sites for hydroxylation is 1. The van der Waals surface area contributed by atoms with Crippen molar-refractivity contribution in [3.63, 3.8) is 0 Å². The van der Waals surface area contributed by atoms with Crippen molar-refractivity contribution in [1.82, 2.24) is 9.88 Å². The van der Waals surface area contributed by atoms with Gasteiger partial charge in [-0.05, 0) is 56.8 Å². The van der Waals surface area contributed by atoms with E-state index in [9.17, 15) is 4.79 Å². The molecular formula is C19H23N3O. The van der Waals surface area contributed by atoms with Crippen LogP contribution in [0.3, 0.4) is 0 Å². The number of anilines is 1. The summed E-state index contributed by atoms with van der Waals surface area (Å²) in [5.41, 5.74) is 4.40. The molecule has 2 aliphatic rings. The zero-order chi connectivity index (χ0) is 15.6.